The van der Waals surface area contributed by atoms with Crippen molar-refractivity contribution in [2.24, 2.45) is 0 Å². The fourth-order valence-electron chi connectivity index (χ4n) is 2.41. The lowest BCUT2D eigenvalue weighted by atomic mass is 10.3. The zero-order chi connectivity index (χ0) is 16.9. The summed E-state index contributed by atoms with van der Waals surface area (Å²) in [5.41, 5.74) is 0.832. The maximum atomic E-state index is 5.40. The van der Waals surface area contributed by atoms with Gasteiger partial charge in [0.05, 0.1) is 0 Å². The van der Waals surface area contributed by atoms with Gasteiger partial charge in [0.2, 0.25) is 24.6 Å². The van der Waals surface area contributed by atoms with Crippen LogP contribution in [0.15, 0.2) is 18.2 Å². The maximum Gasteiger partial charge on any atom is 0.233 e. The van der Waals surface area contributed by atoms with Gasteiger partial charge in [-0.2, -0.15) is 15.0 Å². The Hall–Kier alpha value is -2.77. The molecule has 1 aromatic heterocycles. The Morgan fingerprint density at radius 3 is 2.50 bits per heavy atom. The Morgan fingerprint density at radius 2 is 1.75 bits per heavy atom. The first kappa shape index (κ1) is 16.1. The number of fused-ring (bicyclic) bond motifs is 1. The van der Waals surface area contributed by atoms with Crippen LogP contribution in [-0.2, 0) is 0 Å². The number of rotatable bonds is 7. The second-order valence-corrected chi connectivity index (χ2v) is 5.18. The van der Waals surface area contributed by atoms with Crippen LogP contribution in [0.25, 0.3) is 0 Å². The van der Waals surface area contributed by atoms with Crippen molar-refractivity contribution >= 4 is 23.5 Å². The lowest BCUT2D eigenvalue weighted by Crippen LogP contribution is -2.25. The molecule has 1 aliphatic rings. The van der Waals surface area contributed by atoms with Crippen LogP contribution in [0.1, 0.15) is 20.8 Å². The first-order chi connectivity index (χ1) is 11.7. The van der Waals surface area contributed by atoms with E-state index in [4.69, 9.17) is 9.47 Å². The van der Waals surface area contributed by atoms with E-state index in [9.17, 15) is 0 Å². The molecule has 2 heterocycles. The van der Waals surface area contributed by atoms with E-state index in [-0.39, 0.29) is 6.79 Å². The van der Waals surface area contributed by atoms with E-state index in [0.29, 0.717) is 23.6 Å². The highest BCUT2D eigenvalue weighted by Gasteiger charge is 2.15. The first-order valence-electron chi connectivity index (χ1n) is 8.15. The Morgan fingerprint density at radius 1 is 1.00 bits per heavy atom. The molecule has 0 aliphatic carbocycles. The highest BCUT2D eigenvalue weighted by molar-refractivity contribution is 5.61. The number of ether oxygens (including phenoxy) is 2. The van der Waals surface area contributed by atoms with Crippen LogP contribution in [0, 0.1) is 0 Å². The third-order valence-electron chi connectivity index (χ3n) is 3.63. The van der Waals surface area contributed by atoms with Gasteiger partial charge in [0.15, 0.2) is 11.5 Å². The highest BCUT2D eigenvalue weighted by atomic mass is 16.7. The average Bonchev–Trinajstić information content (AvgIpc) is 3.04. The molecule has 0 fully saturated rings. The number of anilines is 4. The average molecular weight is 330 g/mol. The standard InChI is InChI=1S/C16H22N6O2/c1-4-17-14-19-15(21-16(20-14)22(5-2)6-3)18-11-7-8-12-13(9-11)24-10-23-12/h7-9H,4-6,10H2,1-3H3,(H2,17,18,19,20,21). The largest absolute Gasteiger partial charge is 0.454 e. The van der Waals surface area contributed by atoms with E-state index in [1.165, 1.54) is 0 Å². The molecule has 8 nitrogen and oxygen atoms in total. The van der Waals surface area contributed by atoms with Crippen LogP contribution >= 0.6 is 0 Å². The van der Waals surface area contributed by atoms with E-state index >= 15 is 0 Å². The van der Waals surface area contributed by atoms with Crippen LogP contribution in [0.5, 0.6) is 11.5 Å². The quantitative estimate of drug-likeness (QED) is 0.801. The van der Waals surface area contributed by atoms with E-state index in [1.54, 1.807) is 0 Å². The van der Waals surface area contributed by atoms with Gasteiger partial charge in [-0.25, -0.2) is 0 Å². The van der Waals surface area contributed by atoms with E-state index in [1.807, 2.05) is 25.1 Å². The van der Waals surface area contributed by atoms with Crippen molar-refractivity contribution in [3.05, 3.63) is 18.2 Å². The molecular formula is C16H22N6O2. The molecule has 0 atom stereocenters. The van der Waals surface area contributed by atoms with Crippen molar-refractivity contribution in [1.82, 2.24) is 15.0 Å². The molecule has 2 aromatic rings. The fourth-order valence-corrected chi connectivity index (χ4v) is 2.41. The molecule has 0 unspecified atom stereocenters. The maximum absolute atomic E-state index is 5.40. The number of benzene rings is 1. The van der Waals surface area contributed by atoms with Gasteiger partial charge in [-0.05, 0) is 32.9 Å². The summed E-state index contributed by atoms with van der Waals surface area (Å²) < 4.78 is 10.7. The van der Waals surface area contributed by atoms with Crippen LogP contribution in [0.2, 0.25) is 0 Å². The van der Waals surface area contributed by atoms with Gasteiger partial charge in [-0.1, -0.05) is 0 Å². The van der Waals surface area contributed by atoms with Crippen LogP contribution in [0.3, 0.4) is 0 Å². The Balaban J connectivity index is 1.88. The summed E-state index contributed by atoms with van der Waals surface area (Å²) in [6.07, 6.45) is 0. The molecule has 0 radical (unpaired) electrons. The zero-order valence-corrected chi connectivity index (χ0v) is 14.2. The molecule has 1 aliphatic heterocycles. The summed E-state index contributed by atoms with van der Waals surface area (Å²) in [6.45, 7) is 8.81. The van der Waals surface area contributed by atoms with Crippen molar-refractivity contribution in [3.8, 4) is 11.5 Å². The van der Waals surface area contributed by atoms with Crippen molar-refractivity contribution in [2.45, 2.75) is 20.8 Å². The number of hydrogen-bond acceptors (Lipinski definition) is 8. The Kier molecular flexibility index (Phi) is 4.83. The van der Waals surface area contributed by atoms with Crippen molar-refractivity contribution in [1.29, 1.82) is 0 Å². The molecule has 128 valence electrons. The van der Waals surface area contributed by atoms with Gasteiger partial charge in [-0.15, -0.1) is 0 Å². The minimum absolute atomic E-state index is 0.251. The molecule has 0 spiro atoms. The number of nitrogens with zero attached hydrogens (tertiary/aromatic N) is 4. The number of nitrogens with one attached hydrogen (secondary N) is 2. The van der Waals surface area contributed by atoms with Gasteiger partial charge < -0.3 is 25.0 Å². The van der Waals surface area contributed by atoms with Gasteiger partial charge in [0.1, 0.15) is 0 Å². The van der Waals surface area contributed by atoms with Gasteiger partial charge >= 0.3 is 0 Å². The lowest BCUT2D eigenvalue weighted by Gasteiger charge is -2.19. The first-order valence-corrected chi connectivity index (χ1v) is 8.15. The van der Waals surface area contributed by atoms with E-state index in [0.717, 1.165) is 31.1 Å². The molecule has 0 saturated carbocycles. The highest BCUT2D eigenvalue weighted by Crippen LogP contribution is 2.34. The predicted octanol–water partition coefficient (Wildman–Crippen LogP) is 2.62. The number of hydrogen-bond donors (Lipinski definition) is 2. The second kappa shape index (κ2) is 7.20. The monoisotopic (exact) mass is 330 g/mol. The Labute approximate surface area is 141 Å². The summed E-state index contributed by atoms with van der Waals surface area (Å²) >= 11 is 0. The normalized spacial score (nSPS) is 12.1. The molecule has 24 heavy (non-hydrogen) atoms. The zero-order valence-electron chi connectivity index (χ0n) is 14.2. The van der Waals surface area contributed by atoms with Gasteiger partial charge in [-0.3, -0.25) is 0 Å². The van der Waals surface area contributed by atoms with Gasteiger partial charge in [0, 0.05) is 31.4 Å². The lowest BCUT2D eigenvalue weighted by molar-refractivity contribution is 0.174. The van der Waals surface area contributed by atoms with Crippen molar-refractivity contribution in [3.63, 3.8) is 0 Å². The van der Waals surface area contributed by atoms with Crippen LogP contribution in [-0.4, -0.2) is 41.4 Å². The molecule has 8 heteroatoms. The fraction of sp³-hybridized carbons (Fsp3) is 0.438. The van der Waals surface area contributed by atoms with Crippen molar-refractivity contribution < 1.29 is 9.47 Å². The molecule has 0 bridgehead atoms. The van der Waals surface area contributed by atoms with E-state index in [2.05, 4.69) is 44.3 Å². The summed E-state index contributed by atoms with van der Waals surface area (Å²) in [5.74, 6) is 3.15. The minimum Gasteiger partial charge on any atom is -0.454 e. The summed E-state index contributed by atoms with van der Waals surface area (Å²) in [5, 5.41) is 6.36. The molecule has 3 rings (SSSR count). The molecular weight excluding hydrogens is 308 g/mol. The molecule has 2 N–H and O–H groups in total. The molecule has 0 saturated heterocycles. The van der Waals surface area contributed by atoms with E-state index < -0.39 is 0 Å². The minimum atomic E-state index is 0.251. The predicted molar refractivity (Wildman–Crippen MR) is 93.4 cm³/mol. The summed E-state index contributed by atoms with van der Waals surface area (Å²) in [4.78, 5) is 15.5. The third-order valence-corrected chi connectivity index (χ3v) is 3.63. The van der Waals surface area contributed by atoms with Gasteiger partial charge in [0.25, 0.3) is 0 Å². The summed E-state index contributed by atoms with van der Waals surface area (Å²) in [7, 11) is 0. The van der Waals surface area contributed by atoms with Crippen LogP contribution < -0.4 is 25.0 Å². The summed E-state index contributed by atoms with van der Waals surface area (Å²) in [6, 6.07) is 5.64. The topological polar surface area (TPSA) is 84.4 Å². The van der Waals surface area contributed by atoms with Crippen LogP contribution in [0.4, 0.5) is 23.5 Å². The number of aromatic nitrogens is 3. The second-order valence-electron chi connectivity index (χ2n) is 5.18. The smallest absolute Gasteiger partial charge is 0.233 e. The molecule has 0 amide bonds. The molecule has 1 aromatic carbocycles. The third kappa shape index (κ3) is 3.42. The Bertz CT molecular complexity index is 705. The SMILES string of the molecule is CCNc1nc(Nc2ccc3c(c2)OCO3)nc(N(CC)CC)n1. The van der Waals surface area contributed by atoms with Crippen molar-refractivity contribution in [2.75, 3.05) is 42.0 Å².